The molecule has 0 amide bonds. The van der Waals surface area contributed by atoms with Gasteiger partial charge in [-0.05, 0) is 61.9 Å². The minimum absolute atomic E-state index is 0.0566. The highest BCUT2D eigenvalue weighted by molar-refractivity contribution is 9.10. The van der Waals surface area contributed by atoms with E-state index < -0.39 is 11.4 Å². The Kier molecular flexibility index (Phi) is 6.24. The predicted octanol–water partition coefficient (Wildman–Crippen LogP) is 5.99. The van der Waals surface area contributed by atoms with Crippen LogP contribution in [-0.4, -0.2) is 30.1 Å². The SMILES string of the molecule is CC(C)(C(=O)O)C1CC1C(=O)c1ccc2ccccc2c1OCCOc1ccc(Br)cc1. The van der Waals surface area contributed by atoms with E-state index in [0.29, 0.717) is 24.3 Å². The van der Waals surface area contributed by atoms with Crippen LogP contribution in [0.3, 0.4) is 0 Å². The molecule has 6 heteroatoms. The van der Waals surface area contributed by atoms with Gasteiger partial charge in [-0.2, -0.15) is 0 Å². The van der Waals surface area contributed by atoms with Gasteiger partial charge in [0.05, 0.1) is 11.0 Å². The summed E-state index contributed by atoms with van der Waals surface area (Å²) in [6.45, 7) is 3.98. The summed E-state index contributed by atoms with van der Waals surface area (Å²) < 4.78 is 12.8. The van der Waals surface area contributed by atoms with Crippen LogP contribution in [0.5, 0.6) is 11.5 Å². The van der Waals surface area contributed by atoms with Crippen molar-refractivity contribution < 1.29 is 24.2 Å². The monoisotopic (exact) mass is 496 g/mol. The van der Waals surface area contributed by atoms with Crippen LogP contribution in [0.2, 0.25) is 0 Å². The molecule has 0 heterocycles. The third-order valence-corrected chi connectivity index (χ3v) is 6.69. The van der Waals surface area contributed by atoms with E-state index in [9.17, 15) is 14.7 Å². The molecule has 0 spiro atoms. The van der Waals surface area contributed by atoms with Crippen LogP contribution in [0.4, 0.5) is 0 Å². The number of rotatable bonds is 9. The number of aliphatic carboxylic acids is 1. The number of carboxylic acid groups (broad SMARTS) is 1. The molecule has 3 aromatic rings. The average Bonchev–Trinajstić information content (AvgIpc) is 3.59. The van der Waals surface area contributed by atoms with Crippen molar-refractivity contribution in [3.05, 3.63) is 70.7 Å². The molecule has 0 aromatic heterocycles. The minimum Gasteiger partial charge on any atom is -0.490 e. The highest BCUT2D eigenvalue weighted by atomic mass is 79.9. The van der Waals surface area contributed by atoms with Gasteiger partial charge in [-0.25, -0.2) is 0 Å². The van der Waals surface area contributed by atoms with E-state index in [4.69, 9.17) is 9.47 Å². The maximum atomic E-state index is 13.3. The normalized spacial score (nSPS) is 17.7. The van der Waals surface area contributed by atoms with E-state index >= 15 is 0 Å². The minimum atomic E-state index is -0.934. The van der Waals surface area contributed by atoms with E-state index in [-0.39, 0.29) is 24.2 Å². The van der Waals surface area contributed by atoms with Crippen molar-refractivity contribution in [2.24, 2.45) is 17.3 Å². The Morgan fingerprint density at radius 1 is 1.00 bits per heavy atom. The van der Waals surface area contributed by atoms with Crippen LogP contribution in [0.25, 0.3) is 10.8 Å². The molecule has 1 aliphatic carbocycles. The van der Waals surface area contributed by atoms with Crippen LogP contribution in [0, 0.1) is 17.3 Å². The molecular formula is C26H25BrO5. The van der Waals surface area contributed by atoms with Crippen molar-refractivity contribution in [2.45, 2.75) is 20.3 Å². The van der Waals surface area contributed by atoms with Crippen LogP contribution < -0.4 is 9.47 Å². The molecule has 4 rings (SSSR count). The molecule has 1 N–H and O–H groups in total. The fraction of sp³-hybridized carbons (Fsp3) is 0.308. The van der Waals surface area contributed by atoms with Gasteiger partial charge in [-0.3, -0.25) is 9.59 Å². The van der Waals surface area contributed by atoms with Crippen molar-refractivity contribution >= 4 is 38.5 Å². The molecule has 2 atom stereocenters. The number of Topliss-reactive ketones (excluding diaryl/α,β-unsaturated/α-hetero) is 1. The molecule has 5 nitrogen and oxygen atoms in total. The van der Waals surface area contributed by atoms with Gasteiger partial charge >= 0.3 is 5.97 Å². The Hall–Kier alpha value is -2.86. The summed E-state index contributed by atoms with van der Waals surface area (Å²) in [5, 5.41) is 11.4. The summed E-state index contributed by atoms with van der Waals surface area (Å²) in [6.07, 6.45) is 0.580. The van der Waals surface area contributed by atoms with Gasteiger partial charge in [0.25, 0.3) is 0 Å². The predicted molar refractivity (Wildman–Crippen MR) is 126 cm³/mol. The number of ether oxygens (including phenoxy) is 2. The number of benzene rings is 3. The van der Waals surface area contributed by atoms with Gasteiger partial charge in [0, 0.05) is 15.8 Å². The quantitative estimate of drug-likeness (QED) is 0.291. The first-order valence-corrected chi connectivity index (χ1v) is 11.4. The molecule has 1 fully saturated rings. The number of fused-ring (bicyclic) bond motifs is 1. The summed E-state index contributed by atoms with van der Waals surface area (Å²) in [5.74, 6) is -0.137. The fourth-order valence-electron chi connectivity index (χ4n) is 4.07. The summed E-state index contributed by atoms with van der Waals surface area (Å²) >= 11 is 3.40. The lowest BCUT2D eigenvalue weighted by Gasteiger charge is -2.19. The Bertz CT molecular complexity index is 1150. The van der Waals surface area contributed by atoms with Gasteiger partial charge in [0.15, 0.2) is 5.78 Å². The zero-order valence-corrected chi connectivity index (χ0v) is 19.6. The molecule has 0 bridgehead atoms. The van der Waals surface area contributed by atoms with Crippen molar-refractivity contribution in [2.75, 3.05) is 13.2 Å². The number of halogens is 1. The average molecular weight is 497 g/mol. The van der Waals surface area contributed by atoms with Crippen molar-refractivity contribution in [1.82, 2.24) is 0 Å². The fourth-order valence-corrected chi connectivity index (χ4v) is 4.33. The Balaban J connectivity index is 1.53. The maximum absolute atomic E-state index is 13.3. The molecule has 3 aromatic carbocycles. The van der Waals surface area contributed by atoms with Gasteiger partial charge in [0.1, 0.15) is 24.7 Å². The van der Waals surface area contributed by atoms with Crippen LogP contribution >= 0.6 is 15.9 Å². The molecule has 32 heavy (non-hydrogen) atoms. The van der Waals surface area contributed by atoms with Gasteiger partial charge < -0.3 is 14.6 Å². The number of hydrogen-bond acceptors (Lipinski definition) is 4. The van der Waals surface area contributed by atoms with Gasteiger partial charge in [-0.15, -0.1) is 0 Å². The van der Waals surface area contributed by atoms with Crippen molar-refractivity contribution in [3.8, 4) is 11.5 Å². The lowest BCUT2D eigenvalue weighted by molar-refractivity contribution is -0.148. The molecule has 0 aliphatic heterocycles. The molecule has 166 valence electrons. The second kappa shape index (κ2) is 8.94. The second-order valence-electron chi connectivity index (χ2n) is 8.65. The summed E-state index contributed by atoms with van der Waals surface area (Å²) in [6, 6.07) is 19.0. The third kappa shape index (κ3) is 4.51. The van der Waals surface area contributed by atoms with E-state index in [2.05, 4.69) is 15.9 Å². The van der Waals surface area contributed by atoms with Crippen LogP contribution in [0.1, 0.15) is 30.6 Å². The number of carboxylic acids is 1. The van der Waals surface area contributed by atoms with E-state index in [1.807, 2.05) is 54.6 Å². The lowest BCUT2D eigenvalue weighted by atomic mass is 9.85. The number of carbonyl (C=O) groups excluding carboxylic acids is 1. The first kappa shape index (κ1) is 22.3. The number of carbonyl (C=O) groups is 2. The Labute approximate surface area is 195 Å². The summed E-state index contributed by atoms with van der Waals surface area (Å²) in [7, 11) is 0. The molecule has 1 saturated carbocycles. The first-order chi connectivity index (χ1) is 15.3. The standard InChI is InChI=1S/C26H25BrO5/c1-26(2,25(29)30)22-15-21(22)23(28)20-12-7-16-5-3-4-6-19(16)24(20)32-14-13-31-18-10-8-17(27)9-11-18/h3-12,21-22H,13-15H2,1-2H3,(H,29,30). The highest BCUT2D eigenvalue weighted by Gasteiger charge is 2.55. The van der Waals surface area contributed by atoms with E-state index in [0.717, 1.165) is 21.0 Å². The Morgan fingerprint density at radius 3 is 2.41 bits per heavy atom. The molecule has 0 radical (unpaired) electrons. The maximum Gasteiger partial charge on any atom is 0.309 e. The van der Waals surface area contributed by atoms with E-state index in [1.54, 1.807) is 19.9 Å². The first-order valence-electron chi connectivity index (χ1n) is 10.6. The van der Waals surface area contributed by atoms with Crippen LogP contribution in [-0.2, 0) is 4.79 Å². The summed E-state index contributed by atoms with van der Waals surface area (Å²) in [4.78, 5) is 24.9. The van der Waals surface area contributed by atoms with E-state index in [1.165, 1.54) is 0 Å². The third-order valence-electron chi connectivity index (χ3n) is 6.16. The highest BCUT2D eigenvalue weighted by Crippen LogP contribution is 2.53. The van der Waals surface area contributed by atoms with Gasteiger partial charge in [0.2, 0.25) is 0 Å². The van der Waals surface area contributed by atoms with Crippen LogP contribution in [0.15, 0.2) is 65.1 Å². The lowest BCUT2D eigenvalue weighted by Crippen LogP contribution is -2.27. The number of ketones is 1. The second-order valence-corrected chi connectivity index (χ2v) is 9.57. The zero-order valence-electron chi connectivity index (χ0n) is 18.0. The smallest absolute Gasteiger partial charge is 0.309 e. The zero-order chi connectivity index (χ0) is 22.9. The molecule has 0 saturated heterocycles. The molecule has 1 aliphatic rings. The van der Waals surface area contributed by atoms with Crippen molar-refractivity contribution in [3.63, 3.8) is 0 Å². The number of hydrogen-bond donors (Lipinski definition) is 1. The topological polar surface area (TPSA) is 72.8 Å². The Morgan fingerprint density at radius 2 is 1.69 bits per heavy atom. The largest absolute Gasteiger partial charge is 0.490 e. The van der Waals surface area contributed by atoms with Crippen molar-refractivity contribution in [1.29, 1.82) is 0 Å². The molecular weight excluding hydrogens is 472 g/mol. The molecule has 2 unspecified atom stereocenters. The summed E-state index contributed by atoms with van der Waals surface area (Å²) in [5.41, 5.74) is -0.433. The van der Waals surface area contributed by atoms with Gasteiger partial charge in [-0.1, -0.05) is 46.3 Å².